The molecule has 2 N–H and O–H groups in total. The predicted octanol–water partition coefficient (Wildman–Crippen LogP) is 3.50. The Hall–Kier alpha value is -2.07. The predicted molar refractivity (Wildman–Crippen MR) is 141 cm³/mol. The van der Waals surface area contributed by atoms with E-state index in [1.165, 1.54) is 0 Å². The standard InChI is InChI=1S/C24H34FN5O.HI/c1-4-29-13-15-30(16-14-29)22-10-9-19(17-21(22)25)18-28-24(26-2)27-12-11-20-7-5-6-8-23(20)31-3;/h5-10,17H,4,11-16,18H2,1-3H3,(H2,26,27,28);1H. The monoisotopic (exact) mass is 555 g/mol. The second-order valence-electron chi connectivity index (χ2n) is 7.62. The number of nitrogens with zero attached hydrogens (tertiary/aromatic N) is 3. The van der Waals surface area contributed by atoms with Crippen LogP contribution in [0.4, 0.5) is 10.1 Å². The maximum atomic E-state index is 14.7. The Labute approximate surface area is 208 Å². The van der Waals surface area contributed by atoms with E-state index in [9.17, 15) is 4.39 Å². The van der Waals surface area contributed by atoms with E-state index in [4.69, 9.17) is 4.74 Å². The van der Waals surface area contributed by atoms with Crippen LogP contribution in [0.25, 0.3) is 0 Å². The van der Waals surface area contributed by atoms with E-state index < -0.39 is 0 Å². The molecule has 1 saturated heterocycles. The summed E-state index contributed by atoms with van der Waals surface area (Å²) in [4.78, 5) is 8.79. The van der Waals surface area contributed by atoms with Crippen LogP contribution in [0.5, 0.6) is 5.75 Å². The fraction of sp³-hybridized carbons (Fsp3) is 0.458. The number of methoxy groups -OCH3 is 1. The van der Waals surface area contributed by atoms with Crippen molar-refractivity contribution in [2.24, 2.45) is 4.99 Å². The molecule has 32 heavy (non-hydrogen) atoms. The van der Waals surface area contributed by atoms with Crippen LogP contribution in [0.3, 0.4) is 0 Å². The highest BCUT2D eigenvalue weighted by molar-refractivity contribution is 14.0. The van der Waals surface area contributed by atoms with Gasteiger partial charge in [-0.15, -0.1) is 24.0 Å². The maximum absolute atomic E-state index is 14.7. The van der Waals surface area contributed by atoms with Crippen molar-refractivity contribution in [3.63, 3.8) is 0 Å². The van der Waals surface area contributed by atoms with E-state index in [1.807, 2.05) is 30.3 Å². The number of nitrogens with one attached hydrogen (secondary N) is 2. The Morgan fingerprint density at radius 3 is 2.50 bits per heavy atom. The summed E-state index contributed by atoms with van der Waals surface area (Å²) in [7, 11) is 3.42. The molecule has 0 radical (unpaired) electrons. The number of halogens is 2. The van der Waals surface area contributed by atoms with Crippen molar-refractivity contribution in [3.05, 3.63) is 59.4 Å². The van der Waals surface area contributed by atoms with Crippen LogP contribution >= 0.6 is 24.0 Å². The van der Waals surface area contributed by atoms with Gasteiger partial charge >= 0.3 is 0 Å². The van der Waals surface area contributed by atoms with Gasteiger partial charge in [0.1, 0.15) is 11.6 Å². The molecule has 0 atom stereocenters. The maximum Gasteiger partial charge on any atom is 0.191 e. The van der Waals surface area contributed by atoms with Crippen molar-refractivity contribution < 1.29 is 9.13 Å². The van der Waals surface area contributed by atoms with E-state index in [2.05, 4.69) is 38.4 Å². The number of anilines is 1. The third-order valence-electron chi connectivity index (χ3n) is 5.74. The van der Waals surface area contributed by atoms with Crippen molar-refractivity contribution in [1.29, 1.82) is 0 Å². The topological polar surface area (TPSA) is 52.1 Å². The van der Waals surface area contributed by atoms with Crippen molar-refractivity contribution >= 4 is 35.6 Å². The van der Waals surface area contributed by atoms with Crippen LogP contribution in [0.2, 0.25) is 0 Å². The summed E-state index contributed by atoms with van der Waals surface area (Å²) in [6.45, 7) is 8.14. The fourth-order valence-electron chi connectivity index (χ4n) is 3.85. The molecule has 0 bridgehead atoms. The van der Waals surface area contributed by atoms with E-state index >= 15 is 0 Å². The Balaban J connectivity index is 0.00000363. The molecule has 1 aliphatic heterocycles. The zero-order valence-corrected chi connectivity index (χ0v) is 21.6. The molecule has 0 aromatic heterocycles. The Morgan fingerprint density at radius 2 is 1.84 bits per heavy atom. The first-order valence-corrected chi connectivity index (χ1v) is 11.0. The molecule has 0 aliphatic carbocycles. The summed E-state index contributed by atoms with van der Waals surface area (Å²) in [6.07, 6.45) is 0.819. The van der Waals surface area contributed by atoms with E-state index in [0.29, 0.717) is 18.2 Å². The van der Waals surface area contributed by atoms with Crippen LogP contribution in [-0.2, 0) is 13.0 Å². The largest absolute Gasteiger partial charge is 0.496 e. The third-order valence-corrected chi connectivity index (χ3v) is 5.74. The molecule has 1 aliphatic rings. The molecule has 0 unspecified atom stereocenters. The normalized spacial score (nSPS) is 14.6. The fourth-order valence-corrected chi connectivity index (χ4v) is 3.85. The van der Waals surface area contributed by atoms with Crippen molar-refractivity contribution in [2.75, 3.05) is 58.3 Å². The summed E-state index contributed by atoms with van der Waals surface area (Å²) in [5.74, 6) is 1.41. The van der Waals surface area contributed by atoms with Gasteiger partial charge in [0.05, 0.1) is 12.8 Å². The van der Waals surface area contributed by atoms with Gasteiger partial charge in [-0.3, -0.25) is 4.99 Å². The molecule has 0 saturated carbocycles. The number of guanidine groups is 1. The van der Waals surface area contributed by atoms with Gasteiger partial charge in [-0.25, -0.2) is 4.39 Å². The van der Waals surface area contributed by atoms with Gasteiger partial charge in [0.2, 0.25) is 0 Å². The van der Waals surface area contributed by atoms with Crippen LogP contribution in [0, 0.1) is 5.82 Å². The molecule has 1 fully saturated rings. The summed E-state index contributed by atoms with van der Waals surface area (Å²) in [5, 5.41) is 6.56. The van der Waals surface area contributed by atoms with Crippen LogP contribution in [0.1, 0.15) is 18.1 Å². The molecule has 8 heteroatoms. The van der Waals surface area contributed by atoms with Gasteiger partial charge in [0, 0.05) is 46.3 Å². The van der Waals surface area contributed by atoms with E-state index in [-0.39, 0.29) is 29.8 Å². The number of likely N-dealkylation sites (N-methyl/N-ethyl adjacent to an activating group) is 1. The zero-order valence-electron chi connectivity index (χ0n) is 19.2. The summed E-state index contributed by atoms with van der Waals surface area (Å²) in [6, 6.07) is 13.5. The average Bonchev–Trinajstić information content (AvgIpc) is 2.81. The molecular weight excluding hydrogens is 520 g/mol. The van der Waals surface area contributed by atoms with E-state index in [0.717, 1.165) is 62.6 Å². The van der Waals surface area contributed by atoms with Crippen molar-refractivity contribution in [1.82, 2.24) is 15.5 Å². The smallest absolute Gasteiger partial charge is 0.191 e. The lowest BCUT2D eigenvalue weighted by Gasteiger charge is -2.35. The van der Waals surface area contributed by atoms with Crippen LogP contribution < -0.4 is 20.3 Å². The zero-order chi connectivity index (χ0) is 22.1. The summed E-state index contributed by atoms with van der Waals surface area (Å²) < 4.78 is 20.1. The van der Waals surface area contributed by atoms with Gasteiger partial charge in [-0.1, -0.05) is 31.2 Å². The Bertz CT molecular complexity index is 871. The van der Waals surface area contributed by atoms with E-state index in [1.54, 1.807) is 20.2 Å². The van der Waals surface area contributed by atoms with Crippen molar-refractivity contribution in [2.45, 2.75) is 19.9 Å². The molecule has 6 nitrogen and oxygen atoms in total. The highest BCUT2D eigenvalue weighted by Gasteiger charge is 2.18. The molecule has 3 rings (SSSR count). The second kappa shape index (κ2) is 13.5. The molecule has 2 aromatic rings. The third kappa shape index (κ3) is 7.23. The van der Waals surface area contributed by atoms with Crippen LogP contribution in [0.15, 0.2) is 47.5 Å². The summed E-state index contributed by atoms with van der Waals surface area (Å²) in [5.41, 5.74) is 2.73. The lowest BCUT2D eigenvalue weighted by atomic mass is 10.1. The van der Waals surface area contributed by atoms with Gasteiger partial charge in [-0.2, -0.15) is 0 Å². The Kier molecular flexibility index (Phi) is 11.0. The number of piperazine rings is 1. The van der Waals surface area contributed by atoms with Gasteiger partial charge < -0.3 is 25.2 Å². The quantitative estimate of drug-likeness (QED) is 0.297. The second-order valence-corrected chi connectivity index (χ2v) is 7.62. The highest BCUT2D eigenvalue weighted by Crippen LogP contribution is 2.22. The number of hydrogen-bond acceptors (Lipinski definition) is 4. The SMILES string of the molecule is CCN1CCN(c2ccc(CNC(=NC)NCCc3ccccc3OC)cc2F)CC1.I. The number of aliphatic imine (C=N–C) groups is 1. The highest BCUT2D eigenvalue weighted by atomic mass is 127. The van der Waals surface area contributed by atoms with Crippen LogP contribution in [-0.4, -0.2) is 64.3 Å². The molecule has 176 valence electrons. The Morgan fingerprint density at radius 1 is 1.09 bits per heavy atom. The minimum atomic E-state index is -0.164. The first-order valence-electron chi connectivity index (χ1n) is 11.0. The summed E-state index contributed by atoms with van der Waals surface area (Å²) >= 11 is 0. The molecule has 0 spiro atoms. The van der Waals surface area contributed by atoms with Gasteiger partial charge in [-0.05, 0) is 42.3 Å². The number of para-hydroxylation sites is 1. The van der Waals surface area contributed by atoms with Crippen molar-refractivity contribution in [3.8, 4) is 5.75 Å². The first kappa shape index (κ1) is 26.2. The number of benzene rings is 2. The molecule has 0 amide bonds. The van der Waals surface area contributed by atoms with Gasteiger partial charge in [0.25, 0.3) is 0 Å². The number of rotatable bonds is 8. The number of hydrogen-bond donors (Lipinski definition) is 2. The minimum Gasteiger partial charge on any atom is -0.496 e. The molecule has 2 aromatic carbocycles. The van der Waals surface area contributed by atoms with Gasteiger partial charge in [0.15, 0.2) is 5.96 Å². The average molecular weight is 555 g/mol. The lowest BCUT2D eigenvalue weighted by molar-refractivity contribution is 0.270. The minimum absolute atomic E-state index is 0. The lowest BCUT2D eigenvalue weighted by Crippen LogP contribution is -2.46. The molecular formula is C24H35FIN5O. The number of ether oxygens (including phenoxy) is 1. The first-order chi connectivity index (χ1) is 15.1. The molecule has 1 heterocycles.